The van der Waals surface area contributed by atoms with E-state index in [2.05, 4.69) is 5.16 Å². The van der Waals surface area contributed by atoms with Gasteiger partial charge in [-0.2, -0.15) is 0 Å². The van der Waals surface area contributed by atoms with E-state index in [4.69, 9.17) is 9.26 Å². The zero-order valence-electron chi connectivity index (χ0n) is 12.6. The average molecular weight is 305 g/mol. The normalized spacial score (nSPS) is 24.3. The van der Waals surface area contributed by atoms with E-state index < -0.39 is 5.72 Å². The smallest absolute Gasteiger partial charge is 0.276 e. The van der Waals surface area contributed by atoms with Gasteiger partial charge < -0.3 is 19.1 Å². The van der Waals surface area contributed by atoms with E-state index in [-0.39, 0.29) is 18.4 Å². The third kappa shape index (κ3) is 2.11. The first-order valence-electron chi connectivity index (χ1n) is 7.76. The third-order valence-electron chi connectivity index (χ3n) is 5.01. The molecule has 1 aromatic rings. The van der Waals surface area contributed by atoms with Crippen LogP contribution in [0.4, 0.5) is 0 Å². The van der Waals surface area contributed by atoms with Crippen LogP contribution in [0.2, 0.25) is 0 Å². The molecule has 3 aliphatic rings. The van der Waals surface area contributed by atoms with Gasteiger partial charge in [-0.05, 0) is 12.8 Å². The predicted molar refractivity (Wildman–Crippen MR) is 75.1 cm³/mol. The van der Waals surface area contributed by atoms with Crippen molar-refractivity contribution in [3.05, 3.63) is 17.5 Å². The minimum Gasteiger partial charge on any atom is -0.360 e. The van der Waals surface area contributed by atoms with Crippen molar-refractivity contribution < 1.29 is 18.8 Å². The van der Waals surface area contributed by atoms with Crippen molar-refractivity contribution in [1.29, 1.82) is 0 Å². The molecule has 2 saturated heterocycles. The van der Waals surface area contributed by atoms with Crippen molar-refractivity contribution in [3.8, 4) is 0 Å². The molecule has 3 fully saturated rings. The number of likely N-dealkylation sites (tertiary alicyclic amines) is 1. The quantitative estimate of drug-likeness (QED) is 0.814. The summed E-state index contributed by atoms with van der Waals surface area (Å²) in [5, 5.41) is 3.91. The number of carbonyl (C=O) groups is 2. The highest BCUT2D eigenvalue weighted by atomic mass is 16.5. The van der Waals surface area contributed by atoms with Crippen LogP contribution in [0.15, 0.2) is 10.6 Å². The fourth-order valence-electron chi connectivity index (χ4n) is 3.27. The van der Waals surface area contributed by atoms with Crippen molar-refractivity contribution in [2.75, 3.05) is 26.7 Å². The number of likely N-dealkylation sites (N-methyl/N-ethyl adjacent to an activating group) is 1. The van der Waals surface area contributed by atoms with Gasteiger partial charge in [-0.3, -0.25) is 9.59 Å². The summed E-state index contributed by atoms with van der Waals surface area (Å²) in [5.74, 6) is 1.18. The van der Waals surface area contributed by atoms with Crippen LogP contribution in [-0.2, 0) is 9.53 Å². The molecular weight excluding hydrogens is 286 g/mol. The number of ether oxygens (including phenoxy) is 1. The van der Waals surface area contributed by atoms with Crippen LogP contribution in [0.5, 0.6) is 0 Å². The zero-order valence-corrected chi connectivity index (χ0v) is 12.6. The Bertz CT molecular complexity index is 614. The first-order valence-corrected chi connectivity index (χ1v) is 7.76. The molecule has 0 radical (unpaired) electrons. The molecule has 0 N–H and O–H groups in total. The second-order valence-corrected chi connectivity index (χ2v) is 6.37. The number of aromatic nitrogens is 1. The van der Waals surface area contributed by atoms with Gasteiger partial charge >= 0.3 is 0 Å². The molecule has 22 heavy (non-hydrogen) atoms. The van der Waals surface area contributed by atoms with E-state index in [0.29, 0.717) is 37.5 Å². The van der Waals surface area contributed by atoms with Gasteiger partial charge in [-0.15, -0.1) is 0 Å². The molecule has 7 heteroatoms. The van der Waals surface area contributed by atoms with E-state index in [1.54, 1.807) is 22.9 Å². The SMILES string of the molecule is CN1C(=O)COC12CCN(C(=O)c1cc(C3CC3)on1)CC2. The Balaban J connectivity index is 1.42. The molecule has 4 rings (SSSR count). The number of hydrogen-bond donors (Lipinski definition) is 0. The molecule has 0 atom stereocenters. The first kappa shape index (κ1) is 13.8. The van der Waals surface area contributed by atoms with Crippen LogP contribution in [-0.4, -0.2) is 59.2 Å². The molecular formula is C15H19N3O4. The monoisotopic (exact) mass is 305 g/mol. The van der Waals surface area contributed by atoms with E-state index in [1.165, 1.54) is 0 Å². The lowest BCUT2D eigenvalue weighted by Gasteiger charge is -2.41. The van der Waals surface area contributed by atoms with Gasteiger partial charge in [-0.25, -0.2) is 0 Å². The molecule has 1 saturated carbocycles. The lowest BCUT2D eigenvalue weighted by atomic mass is 9.99. The van der Waals surface area contributed by atoms with Gasteiger partial charge in [0.25, 0.3) is 11.8 Å². The second kappa shape index (κ2) is 4.81. The third-order valence-corrected chi connectivity index (χ3v) is 5.01. The van der Waals surface area contributed by atoms with Gasteiger partial charge in [-0.1, -0.05) is 5.16 Å². The number of hydrogen-bond acceptors (Lipinski definition) is 5. The van der Waals surface area contributed by atoms with Crippen LogP contribution in [0.3, 0.4) is 0 Å². The maximum Gasteiger partial charge on any atom is 0.276 e. The van der Waals surface area contributed by atoms with E-state index in [0.717, 1.165) is 18.6 Å². The van der Waals surface area contributed by atoms with E-state index in [1.807, 2.05) is 0 Å². The standard InChI is InChI=1S/C15H19N3O4/c1-17-13(19)9-21-15(17)4-6-18(7-5-15)14(20)11-8-12(22-16-11)10-2-3-10/h8,10H,2-7,9H2,1H3. The fourth-order valence-corrected chi connectivity index (χ4v) is 3.27. The predicted octanol–water partition coefficient (Wildman–Crippen LogP) is 0.973. The Morgan fingerprint density at radius 2 is 2.09 bits per heavy atom. The van der Waals surface area contributed by atoms with Crippen molar-refractivity contribution in [1.82, 2.24) is 15.0 Å². The molecule has 1 aliphatic carbocycles. The van der Waals surface area contributed by atoms with Crippen molar-refractivity contribution in [2.24, 2.45) is 0 Å². The number of piperidine rings is 1. The van der Waals surface area contributed by atoms with E-state index in [9.17, 15) is 9.59 Å². The van der Waals surface area contributed by atoms with Crippen molar-refractivity contribution in [3.63, 3.8) is 0 Å². The lowest BCUT2D eigenvalue weighted by Crippen LogP contribution is -2.53. The summed E-state index contributed by atoms with van der Waals surface area (Å²) >= 11 is 0. The molecule has 118 valence electrons. The van der Waals surface area contributed by atoms with Gasteiger partial charge in [0.05, 0.1) is 0 Å². The number of amides is 2. The molecule has 1 aromatic heterocycles. The largest absolute Gasteiger partial charge is 0.360 e. The van der Waals surface area contributed by atoms with Gasteiger partial charge in [0, 0.05) is 45.0 Å². The minimum absolute atomic E-state index is 0.00496. The maximum atomic E-state index is 12.5. The zero-order chi connectivity index (χ0) is 15.3. The Morgan fingerprint density at radius 3 is 2.68 bits per heavy atom. The first-order chi connectivity index (χ1) is 10.6. The molecule has 2 aliphatic heterocycles. The van der Waals surface area contributed by atoms with Gasteiger partial charge in [0.2, 0.25) is 0 Å². The Kier molecular flexibility index (Phi) is 3.00. The van der Waals surface area contributed by atoms with Crippen LogP contribution in [0.1, 0.15) is 47.8 Å². The van der Waals surface area contributed by atoms with Gasteiger partial charge in [0.1, 0.15) is 18.1 Å². The van der Waals surface area contributed by atoms with Crippen LogP contribution in [0.25, 0.3) is 0 Å². The number of carbonyl (C=O) groups excluding carboxylic acids is 2. The molecule has 0 bridgehead atoms. The Labute approximate surface area is 128 Å². The molecule has 2 amide bonds. The summed E-state index contributed by atoms with van der Waals surface area (Å²) in [6.45, 7) is 1.25. The average Bonchev–Trinajstić information content (AvgIpc) is 3.22. The number of rotatable bonds is 2. The summed E-state index contributed by atoms with van der Waals surface area (Å²) in [4.78, 5) is 27.6. The maximum absolute atomic E-state index is 12.5. The highest BCUT2D eigenvalue weighted by Gasteiger charge is 2.47. The highest BCUT2D eigenvalue weighted by Crippen LogP contribution is 2.40. The molecule has 3 heterocycles. The van der Waals surface area contributed by atoms with Crippen molar-refractivity contribution in [2.45, 2.75) is 37.3 Å². The van der Waals surface area contributed by atoms with Crippen LogP contribution >= 0.6 is 0 Å². The molecule has 7 nitrogen and oxygen atoms in total. The van der Waals surface area contributed by atoms with Crippen molar-refractivity contribution >= 4 is 11.8 Å². The molecule has 1 spiro atoms. The summed E-state index contributed by atoms with van der Waals surface area (Å²) in [5.41, 5.74) is -0.147. The van der Waals surface area contributed by atoms with Crippen LogP contribution < -0.4 is 0 Å². The van der Waals surface area contributed by atoms with E-state index >= 15 is 0 Å². The Hall–Kier alpha value is -1.89. The minimum atomic E-state index is -0.531. The molecule has 0 aromatic carbocycles. The summed E-state index contributed by atoms with van der Waals surface area (Å²) in [7, 11) is 1.77. The van der Waals surface area contributed by atoms with Crippen LogP contribution in [0, 0.1) is 0 Å². The Morgan fingerprint density at radius 1 is 1.36 bits per heavy atom. The highest BCUT2D eigenvalue weighted by molar-refractivity contribution is 5.92. The summed E-state index contributed by atoms with van der Waals surface area (Å²) < 4.78 is 10.9. The lowest BCUT2D eigenvalue weighted by molar-refractivity contribution is -0.135. The summed E-state index contributed by atoms with van der Waals surface area (Å²) in [6, 6.07) is 1.77. The number of nitrogens with zero attached hydrogens (tertiary/aromatic N) is 3. The summed E-state index contributed by atoms with van der Waals surface area (Å²) in [6.07, 6.45) is 3.50. The van der Waals surface area contributed by atoms with Gasteiger partial charge in [0.15, 0.2) is 5.69 Å². The topological polar surface area (TPSA) is 75.9 Å². The fraction of sp³-hybridized carbons (Fsp3) is 0.667. The second-order valence-electron chi connectivity index (χ2n) is 6.37. The molecule has 0 unspecified atom stereocenters.